The summed E-state index contributed by atoms with van der Waals surface area (Å²) in [5.41, 5.74) is 1.15. The van der Waals surface area contributed by atoms with Gasteiger partial charge in [0.25, 0.3) is 5.91 Å². The van der Waals surface area contributed by atoms with Crippen molar-refractivity contribution in [3.8, 4) is 17.6 Å². The second-order valence-electron chi connectivity index (χ2n) is 4.99. The third-order valence-electron chi connectivity index (χ3n) is 3.33. The van der Waals surface area contributed by atoms with Gasteiger partial charge in [0, 0.05) is 5.69 Å². The van der Waals surface area contributed by atoms with Gasteiger partial charge < -0.3 is 14.8 Å². The number of hydrogen-bond donors (Lipinski definition) is 1. The summed E-state index contributed by atoms with van der Waals surface area (Å²) in [5.74, 6) is 0.953. The number of carbonyl (C=O) groups excluding carboxylic acids is 1. The molecule has 110 valence electrons. The van der Waals surface area contributed by atoms with Crippen LogP contribution in [0.15, 0.2) is 48.5 Å². The van der Waals surface area contributed by atoms with Gasteiger partial charge in [-0.25, -0.2) is 0 Å². The number of nitrogens with zero attached hydrogens (tertiary/aromatic N) is 1. The molecule has 1 saturated heterocycles. The van der Waals surface area contributed by atoms with Crippen molar-refractivity contribution in [2.24, 2.45) is 0 Å². The van der Waals surface area contributed by atoms with Gasteiger partial charge in [0.15, 0.2) is 6.10 Å². The lowest BCUT2D eigenvalue weighted by molar-refractivity contribution is -0.117. The van der Waals surface area contributed by atoms with Crippen LogP contribution in [-0.4, -0.2) is 18.1 Å². The topological polar surface area (TPSA) is 74.7 Å². The van der Waals surface area contributed by atoms with Crippen LogP contribution < -0.4 is 10.1 Å². The first-order valence-electron chi connectivity index (χ1n) is 6.91. The highest BCUT2D eigenvalue weighted by Crippen LogP contribution is 2.27. The molecule has 1 amide bonds. The fourth-order valence-corrected chi connectivity index (χ4v) is 2.06. The van der Waals surface area contributed by atoms with E-state index in [0.29, 0.717) is 22.7 Å². The molecule has 0 radical (unpaired) electrons. The molecule has 0 unspecified atom stereocenters. The summed E-state index contributed by atoms with van der Waals surface area (Å²) in [7, 11) is 0. The number of rotatable bonds is 4. The molecule has 2 aromatic rings. The molecule has 1 aliphatic rings. The van der Waals surface area contributed by atoms with E-state index in [9.17, 15) is 4.79 Å². The van der Waals surface area contributed by atoms with Gasteiger partial charge in [-0.3, -0.25) is 4.79 Å². The van der Waals surface area contributed by atoms with Crippen LogP contribution in [-0.2, 0) is 9.53 Å². The number of hydrogen-bond acceptors (Lipinski definition) is 4. The fourth-order valence-electron chi connectivity index (χ4n) is 2.06. The lowest BCUT2D eigenvalue weighted by atomic mass is 10.2. The molecule has 1 fully saturated rings. The molecule has 0 aliphatic carbocycles. The third-order valence-corrected chi connectivity index (χ3v) is 3.33. The Morgan fingerprint density at radius 3 is 2.55 bits per heavy atom. The zero-order valence-corrected chi connectivity index (χ0v) is 11.9. The van der Waals surface area contributed by atoms with Gasteiger partial charge in [-0.2, -0.15) is 5.26 Å². The van der Waals surface area contributed by atoms with Crippen molar-refractivity contribution in [1.29, 1.82) is 5.26 Å². The van der Waals surface area contributed by atoms with E-state index in [0.717, 1.165) is 0 Å². The Balaban J connectivity index is 1.67. The number of ether oxygens (including phenoxy) is 2. The Bertz CT molecular complexity index is 734. The van der Waals surface area contributed by atoms with Crippen molar-refractivity contribution in [1.82, 2.24) is 0 Å². The molecule has 1 aliphatic heterocycles. The molecule has 5 nitrogen and oxygen atoms in total. The van der Waals surface area contributed by atoms with E-state index in [4.69, 9.17) is 14.7 Å². The SMILES string of the molecule is C[C@@H]1O[C@H]1C(=O)Nc1ccc(Oc2ccccc2C#N)cc1. The van der Waals surface area contributed by atoms with E-state index < -0.39 is 0 Å². The van der Waals surface area contributed by atoms with Crippen LogP contribution in [0.1, 0.15) is 12.5 Å². The van der Waals surface area contributed by atoms with Gasteiger partial charge in [0.05, 0.1) is 11.7 Å². The minimum Gasteiger partial charge on any atom is -0.456 e. The largest absolute Gasteiger partial charge is 0.456 e. The molecule has 5 heteroatoms. The number of nitriles is 1. The highest BCUT2D eigenvalue weighted by Gasteiger charge is 2.41. The molecular formula is C17H14N2O3. The van der Waals surface area contributed by atoms with Crippen LogP contribution in [0.4, 0.5) is 5.69 Å². The summed E-state index contributed by atoms with van der Waals surface area (Å²) in [6.45, 7) is 1.85. The molecule has 2 aromatic carbocycles. The lowest BCUT2D eigenvalue weighted by Gasteiger charge is -2.08. The number of benzene rings is 2. The number of epoxide rings is 1. The highest BCUT2D eigenvalue weighted by molar-refractivity contribution is 5.96. The standard InChI is InChI=1S/C17H14N2O3/c1-11-16(21-11)17(20)19-13-6-8-14(9-7-13)22-15-5-3-2-4-12(15)10-18/h2-9,11,16H,1H3,(H,19,20)/t11-,16+/m0/s1. The zero-order chi connectivity index (χ0) is 15.5. The van der Waals surface area contributed by atoms with Crippen molar-refractivity contribution in [2.45, 2.75) is 19.1 Å². The summed E-state index contributed by atoms with van der Waals surface area (Å²) in [4.78, 5) is 11.7. The maximum atomic E-state index is 11.7. The van der Waals surface area contributed by atoms with Crippen molar-refractivity contribution >= 4 is 11.6 Å². The second-order valence-corrected chi connectivity index (χ2v) is 4.99. The van der Waals surface area contributed by atoms with E-state index in [-0.39, 0.29) is 18.1 Å². The van der Waals surface area contributed by atoms with E-state index in [1.165, 1.54) is 0 Å². The number of anilines is 1. The summed E-state index contributed by atoms with van der Waals surface area (Å²) in [6, 6.07) is 16.1. The summed E-state index contributed by atoms with van der Waals surface area (Å²) < 4.78 is 10.8. The van der Waals surface area contributed by atoms with Gasteiger partial charge in [-0.05, 0) is 43.3 Å². The Morgan fingerprint density at radius 1 is 1.23 bits per heavy atom. The fraction of sp³-hybridized carbons (Fsp3) is 0.176. The Morgan fingerprint density at radius 2 is 1.91 bits per heavy atom. The normalized spacial score (nSPS) is 19.1. The predicted octanol–water partition coefficient (Wildman–Crippen LogP) is 3.08. The molecular weight excluding hydrogens is 280 g/mol. The monoisotopic (exact) mass is 294 g/mol. The zero-order valence-electron chi connectivity index (χ0n) is 11.9. The van der Waals surface area contributed by atoms with Crippen molar-refractivity contribution in [2.75, 3.05) is 5.32 Å². The van der Waals surface area contributed by atoms with Crippen LogP contribution >= 0.6 is 0 Å². The minimum atomic E-state index is -0.349. The van der Waals surface area contributed by atoms with Crippen LogP contribution in [0.5, 0.6) is 11.5 Å². The average Bonchev–Trinajstić information content (AvgIpc) is 3.27. The van der Waals surface area contributed by atoms with Gasteiger partial charge in [-0.1, -0.05) is 12.1 Å². The van der Waals surface area contributed by atoms with Crippen LogP contribution in [0.2, 0.25) is 0 Å². The molecule has 1 heterocycles. The molecule has 1 N–H and O–H groups in total. The van der Waals surface area contributed by atoms with E-state index in [1.54, 1.807) is 42.5 Å². The summed E-state index contributed by atoms with van der Waals surface area (Å²) in [5, 5.41) is 11.8. The van der Waals surface area contributed by atoms with Crippen molar-refractivity contribution in [3.63, 3.8) is 0 Å². The number of carbonyl (C=O) groups is 1. The predicted molar refractivity (Wildman–Crippen MR) is 80.6 cm³/mol. The quantitative estimate of drug-likeness (QED) is 0.879. The first kappa shape index (κ1) is 14.1. The van der Waals surface area contributed by atoms with E-state index >= 15 is 0 Å². The molecule has 0 spiro atoms. The molecule has 3 rings (SSSR count). The number of nitrogens with one attached hydrogen (secondary N) is 1. The Hall–Kier alpha value is -2.84. The first-order valence-corrected chi connectivity index (χ1v) is 6.91. The van der Waals surface area contributed by atoms with Crippen molar-refractivity contribution < 1.29 is 14.3 Å². The minimum absolute atomic E-state index is 0.00918. The third kappa shape index (κ3) is 3.08. The Labute approximate surface area is 128 Å². The summed E-state index contributed by atoms with van der Waals surface area (Å²) in [6.07, 6.45) is -0.358. The highest BCUT2D eigenvalue weighted by atomic mass is 16.6. The van der Waals surface area contributed by atoms with Gasteiger partial charge in [0.1, 0.15) is 17.6 Å². The maximum absolute atomic E-state index is 11.7. The molecule has 22 heavy (non-hydrogen) atoms. The summed E-state index contributed by atoms with van der Waals surface area (Å²) >= 11 is 0. The van der Waals surface area contributed by atoms with Gasteiger partial charge in [0.2, 0.25) is 0 Å². The number of para-hydroxylation sites is 1. The second kappa shape index (κ2) is 5.88. The molecule has 0 saturated carbocycles. The van der Waals surface area contributed by atoms with Gasteiger partial charge in [-0.15, -0.1) is 0 Å². The lowest BCUT2D eigenvalue weighted by Crippen LogP contribution is -2.19. The van der Waals surface area contributed by atoms with Gasteiger partial charge >= 0.3 is 0 Å². The molecule has 0 aromatic heterocycles. The smallest absolute Gasteiger partial charge is 0.256 e. The van der Waals surface area contributed by atoms with E-state index in [1.807, 2.05) is 13.0 Å². The Kier molecular flexibility index (Phi) is 3.77. The maximum Gasteiger partial charge on any atom is 0.256 e. The van der Waals surface area contributed by atoms with E-state index in [2.05, 4.69) is 11.4 Å². The van der Waals surface area contributed by atoms with Crippen LogP contribution in [0.25, 0.3) is 0 Å². The average molecular weight is 294 g/mol. The van der Waals surface area contributed by atoms with Crippen LogP contribution in [0, 0.1) is 11.3 Å². The molecule has 0 bridgehead atoms. The first-order chi connectivity index (χ1) is 10.7. The molecule has 2 atom stereocenters. The number of amides is 1. The van der Waals surface area contributed by atoms with Crippen LogP contribution in [0.3, 0.4) is 0 Å². The van der Waals surface area contributed by atoms with Crippen molar-refractivity contribution in [3.05, 3.63) is 54.1 Å².